The highest BCUT2D eigenvalue weighted by Crippen LogP contribution is 2.32. The van der Waals surface area contributed by atoms with Crippen molar-refractivity contribution in [3.05, 3.63) is 41.6 Å². The van der Waals surface area contributed by atoms with E-state index in [1.54, 1.807) is 30.5 Å². The van der Waals surface area contributed by atoms with Gasteiger partial charge in [0.25, 0.3) is 0 Å². The molecule has 1 aromatic carbocycles. The highest BCUT2D eigenvalue weighted by atomic mass is 16.5. The second-order valence-electron chi connectivity index (χ2n) is 3.81. The number of hydrogen-bond acceptors (Lipinski definition) is 6. The number of aromatic nitrogens is 2. The van der Waals surface area contributed by atoms with Crippen molar-refractivity contribution in [2.24, 2.45) is 5.73 Å². The quantitative estimate of drug-likeness (QED) is 0.841. The normalized spacial score (nSPS) is 10.3. The largest absolute Gasteiger partial charge is 0.493 e. The molecule has 0 spiro atoms. The van der Waals surface area contributed by atoms with Gasteiger partial charge < -0.3 is 20.3 Å². The van der Waals surface area contributed by atoms with E-state index in [1.165, 1.54) is 7.11 Å². The molecule has 100 valence electrons. The van der Waals surface area contributed by atoms with Crippen molar-refractivity contribution in [2.45, 2.75) is 13.2 Å². The SMILES string of the molecule is COc1cc(CO)ccc1Oc1nnccc1CN. The minimum atomic E-state index is -0.0597. The summed E-state index contributed by atoms with van der Waals surface area (Å²) in [5.74, 6) is 1.36. The Morgan fingerprint density at radius 2 is 2.11 bits per heavy atom. The summed E-state index contributed by atoms with van der Waals surface area (Å²) in [5, 5.41) is 16.8. The average molecular weight is 261 g/mol. The van der Waals surface area contributed by atoms with E-state index in [4.69, 9.17) is 20.3 Å². The van der Waals surface area contributed by atoms with E-state index >= 15 is 0 Å². The fourth-order valence-corrected chi connectivity index (χ4v) is 1.58. The van der Waals surface area contributed by atoms with Gasteiger partial charge in [0.05, 0.1) is 19.9 Å². The Labute approximate surface area is 110 Å². The molecule has 0 saturated carbocycles. The number of methoxy groups -OCH3 is 1. The van der Waals surface area contributed by atoms with Crippen molar-refractivity contribution in [3.63, 3.8) is 0 Å². The summed E-state index contributed by atoms with van der Waals surface area (Å²) in [7, 11) is 1.53. The monoisotopic (exact) mass is 261 g/mol. The maximum atomic E-state index is 9.09. The number of benzene rings is 1. The highest BCUT2D eigenvalue weighted by Gasteiger charge is 2.10. The first-order valence-corrected chi connectivity index (χ1v) is 5.74. The lowest BCUT2D eigenvalue weighted by atomic mass is 10.2. The second kappa shape index (κ2) is 6.12. The van der Waals surface area contributed by atoms with Gasteiger partial charge in [0, 0.05) is 12.1 Å². The molecule has 0 fully saturated rings. The second-order valence-corrected chi connectivity index (χ2v) is 3.81. The molecule has 6 nitrogen and oxygen atoms in total. The van der Waals surface area contributed by atoms with Crippen LogP contribution in [-0.4, -0.2) is 22.4 Å². The lowest BCUT2D eigenvalue weighted by Gasteiger charge is -2.12. The van der Waals surface area contributed by atoms with Crippen LogP contribution in [0.1, 0.15) is 11.1 Å². The fourth-order valence-electron chi connectivity index (χ4n) is 1.58. The number of nitrogens with zero attached hydrogens (tertiary/aromatic N) is 2. The molecule has 6 heteroatoms. The molecule has 0 radical (unpaired) electrons. The van der Waals surface area contributed by atoms with Crippen LogP contribution in [0.2, 0.25) is 0 Å². The molecule has 0 unspecified atom stereocenters. The van der Waals surface area contributed by atoms with Crippen molar-refractivity contribution in [3.8, 4) is 17.4 Å². The molecule has 0 aliphatic heterocycles. The Morgan fingerprint density at radius 1 is 1.26 bits per heavy atom. The van der Waals surface area contributed by atoms with Crippen LogP contribution in [0.4, 0.5) is 0 Å². The Hall–Kier alpha value is -2.18. The summed E-state index contributed by atoms with van der Waals surface area (Å²) in [6.45, 7) is 0.248. The van der Waals surface area contributed by atoms with Crippen molar-refractivity contribution in [1.29, 1.82) is 0 Å². The average Bonchev–Trinajstić information content (AvgIpc) is 2.48. The van der Waals surface area contributed by atoms with E-state index in [0.29, 0.717) is 23.9 Å². The van der Waals surface area contributed by atoms with Crippen LogP contribution in [0.25, 0.3) is 0 Å². The maximum Gasteiger partial charge on any atom is 0.243 e. The molecular formula is C13H15N3O3. The molecule has 0 bridgehead atoms. The van der Waals surface area contributed by atoms with Crippen molar-refractivity contribution < 1.29 is 14.6 Å². The van der Waals surface area contributed by atoms with Gasteiger partial charge in [0.15, 0.2) is 11.5 Å². The van der Waals surface area contributed by atoms with Crippen molar-refractivity contribution in [2.75, 3.05) is 7.11 Å². The standard InChI is InChI=1S/C13H15N3O3/c1-18-12-6-9(8-17)2-3-11(12)19-13-10(7-14)4-5-15-16-13/h2-6,17H,7-8,14H2,1H3. The number of ether oxygens (including phenoxy) is 2. The summed E-state index contributed by atoms with van der Waals surface area (Å²) < 4.78 is 10.9. The van der Waals surface area contributed by atoms with Gasteiger partial charge in [-0.3, -0.25) is 0 Å². The molecule has 3 N–H and O–H groups in total. The number of hydrogen-bond donors (Lipinski definition) is 2. The molecule has 1 aromatic heterocycles. The van der Waals surface area contributed by atoms with Crippen LogP contribution in [0.3, 0.4) is 0 Å². The maximum absolute atomic E-state index is 9.09. The molecule has 19 heavy (non-hydrogen) atoms. The van der Waals surface area contributed by atoms with E-state index in [9.17, 15) is 0 Å². The van der Waals surface area contributed by atoms with Gasteiger partial charge in [0.1, 0.15) is 0 Å². The van der Waals surface area contributed by atoms with E-state index in [0.717, 1.165) is 11.1 Å². The van der Waals surface area contributed by atoms with Crippen LogP contribution in [-0.2, 0) is 13.2 Å². The van der Waals surface area contributed by atoms with Crippen molar-refractivity contribution >= 4 is 0 Å². The summed E-state index contributed by atoms with van der Waals surface area (Å²) in [6, 6.07) is 6.90. The van der Waals surface area contributed by atoms with E-state index in [-0.39, 0.29) is 6.61 Å². The molecular weight excluding hydrogens is 246 g/mol. The first kappa shape index (κ1) is 13.3. The van der Waals surface area contributed by atoms with Crippen LogP contribution in [0.15, 0.2) is 30.5 Å². The lowest BCUT2D eigenvalue weighted by molar-refractivity contribution is 0.280. The topological polar surface area (TPSA) is 90.5 Å². The minimum absolute atomic E-state index is 0.0597. The predicted molar refractivity (Wildman–Crippen MR) is 68.9 cm³/mol. The highest BCUT2D eigenvalue weighted by molar-refractivity contribution is 5.45. The van der Waals surface area contributed by atoms with Gasteiger partial charge in [-0.05, 0) is 23.8 Å². The minimum Gasteiger partial charge on any atom is -0.493 e. The Morgan fingerprint density at radius 3 is 2.79 bits per heavy atom. The third kappa shape index (κ3) is 2.98. The first-order chi connectivity index (χ1) is 9.28. The van der Waals surface area contributed by atoms with Gasteiger partial charge in [-0.2, -0.15) is 5.10 Å². The number of nitrogens with two attached hydrogens (primary N) is 1. The lowest BCUT2D eigenvalue weighted by Crippen LogP contribution is -2.02. The van der Waals surface area contributed by atoms with E-state index in [1.807, 2.05) is 0 Å². The number of rotatable bonds is 5. The number of aliphatic hydroxyl groups is 1. The zero-order valence-corrected chi connectivity index (χ0v) is 10.5. The Kier molecular flexibility index (Phi) is 4.27. The van der Waals surface area contributed by atoms with E-state index < -0.39 is 0 Å². The van der Waals surface area contributed by atoms with Gasteiger partial charge in [-0.1, -0.05) is 6.07 Å². The smallest absolute Gasteiger partial charge is 0.243 e. The van der Waals surface area contributed by atoms with Crippen LogP contribution >= 0.6 is 0 Å². The van der Waals surface area contributed by atoms with E-state index in [2.05, 4.69) is 10.2 Å². The van der Waals surface area contributed by atoms with Crippen LogP contribution in [0.5, 0.6) is 17.4 Å². The molecule has 0 saturated heterocycles. The molecule has 2 aromatic rings. The summed E-state index contributed by atoms with van der Waals surface area (Å²) in [4.78, 5) is 0. The molecule has 0 amide bonds. The van der Waals surface area contributed by atoms with Crippen LogP contribution < -0.4 is 15.2 Å². The van der Waals surface area contributed by atoms with Gasteiger partial charge >= 0.3 is 0 Å². The molecule has 0 aliphatic carbocycles. The molecule has 1 heterocycles. The van der Waals surface area contributed by atoms with Crippen molar-refractivity contribution in [1.82, 2.24) is 10.2 Å². The van der Waals surface area contributed by atoms with Gasteiger partial charge in [-0.25, -0.2) is 0 Å². The molecule has 0 atom stereocenters. The fraction of sp³-hybridized carbons (Fsp3) is 0.231. The Bertz CT molecular complexity index is 561. The zero-order valence-electron chi connectivity index (χ0n) is 10.5. The third-order valence-corrected chi connectivity index (χ3v) is 2.60. The Balaban J connectivity index is 2.32. The summed E-state index contributed by atoms with van der Waals surface area (Å²) >= 11 is 0. The predicted octanol–water partition coefficient (Wildman–Crippen LogP) is 1.23. The van der Waals surface area contributed by atoms with Gasteiger partial charge in [-0.15, -0.1) is 5.10 Å². The van der Waals surface area contributed by atoms with Gasteiger partial charge in [0.2, 0.25) is 5.88 Å². The molecule has 0 aliphatic rings. The summed E-state index contributed by atoms with van der Waals surface area (Å²) in [5.41, 5.74) is 7.10. The zero-order chi connectivity index (χ0) is 13.7. The van der Waals surface area contributed by atoms with Crippen LogP contribution in [0, 0.1) is 0 Å². The number of aliphatic hydroxyl groups excluding tert-OH is 1. The first-order valence-electron chi connectivity index (χ1n) is 5.74. The molecule has 2 rings (SSSR count). The summed E-state index contributed by atoms with van der Waals surface area (Å²) in [6.07, 6.45) is 1.56. The third-order valence-electron chi connectivity index (χ3n) is 2.60.